The van der Waals surface area contributed by atoms with Crippen LogP contribution < -0.4 is 9.47 Å². The van der Waals surface area contributed by atoms with Crippen molar-refractivity contribution >= 4 is 11.9 Å². The largest absolute Gasteiger partial charge is 0.487 e. The van der Waals surface area contributed by atoms with E-state index in [9.17, 15) is 9.59 Å². The van der Waals surface area contributed by atoms with Crippen LogP contribution in [0.2, 0.25) is 0 Å². The summed E-state index contributed by atoms with van der Waals surface area (Å²) in [6.07, 6.45) is 30.6. The number of carbonyl (C=O) groups is 2. The fourth-order valence-electron chi connectivity index (χ4n) is 7.76. The van der Waals surface area contributed by atoms with Gasteiger partial charge in [0.05, 0.1) is 0 Å². The first-order valence-electron chi connectivity index (χ1n) is 20.8. The Morgan fingerprint density at radius 3 is 2.28 bits per heavy atom. The first-order chi connectivity index (χ1) is 24.2. The van der Waals surface area contributed by atoms with E-state index in [1.807, 2.05) is 0 Å². The van der Waals surface area contributed by atoms with E-state index in [0.29, 0.717) is 18.8 Å². The van der Waals surface area contributed by atoms with Crippen LogP contribution in [0.15, 0.2) is 35.9 Å². The lowest BCUT2D eigenvalue weighted by atomic mass is 9.68. The van der Waals surface area contributed by atoms with E-state index < -0.39 is 0 Å². The quantitative estimate of drug-likeness (QED) is 0.0442. The first-order valence-corrected chi connectivity index (χ1v) is 20.8. The molecule has 282 valence electrons. The maximum atomic E-state index is 13.2. The van der Waals surface area contributed by atoms with Gasteiger partial charge in [-0.05, 0) is 103 Å². The molecule has 0 unspecified atom stereocenters. The topological polar surface area (TPSA) is 61.8 Å². The molecular formula is C45H72O5. The van der Waals surface area contributed by atoms with Crippen LogP contribution in [0.25, 0.3) is 0 Å². The molecule has 1 aliphatic carbocycles. The molecule has 0 bridgehead atoms. The van der Waals surface area contributed by atoms with E-state index in [1.165, 1.54) is 43.2 Å². The van der Waals surface area contributed by atoms with Gasteiger partial charge in [0.15, 0.2) is 0 Å². The fourth-order valence-corrected chi connectivity index (χ4v) is 7.76. The Hall–Kier alpha value is -2.56. The molecule has 50 heavy (non-hydrogen) atoms. The van der Waals surface area contributed by atoms with Crippen molar-refractivity contribution in [1.82, 2.24) is 0 Å². The molecule has 3 rings (SSSR count). The second-order valence-corrected chi connectivity index (χ2v) is 15.8. The number of ether oxygens (including phenoxy) is 3. The molecule has 0 saturated heterocycles. The molecular weight excluding hydrogens is 620 g/mol. The van der Waals surface area contributed by atoms with Crippen molar-refractivity contribution in [1.29, 1.82) is 0 Å². The van der Waals surface area contributed by atoms with Crippen LogP contribution in [0, 0.1) is 5.92 Å². The van der Waals surface area contributed by atoms with Crippen molar-refractivity contribution in [2.24, 2.45) is 5.92 Å². The van der Waals surface area contributed by atoms with Gasteiger partial charge in [-0.25, -0.2) is 0 Å². The normalized spacial score (nSPS) is 18.6. The highest BCUT2D eigenvalue weighted by Gasteiger charge is 2.45. The van der Waals surface area contributed by atoms with Crippen LogP contribution in [0.4, 0.5) is 0 Å². The van der Waals surface area contributed by atoms with Crippen molar-refractivity contribution < 1.29 is 23.8 Å². The number of fused-ring (bicyclic) bond motifs is 3. The summed E-state index contributed by atoms with van der Waals surface area (Å²) in [6.45, 7) is 13.3. The van der Waals surface area contributed by atoms with Crippen LogP contribution in [-0.4, -0.2) is 23.6 Å². The zero-order valence-electron chi connectivity index (χ0n) is 32.9. The maximum absolute atomic E-state index is 13.2. The first kappa shape index (κ1) is 41.9. The van der Waals surface area contributed by atoms with Gasteiger partial charge in [-0.3, -0.25) is 9.59 Å². The average molecular weight is 693 g/mol. The molecule has 0 saturated carbocycles. The molecule has 0 radical (unpaired) electrons. The number of unbranched alkanes of at least 4 members (excludes halogenated alkanes) is 12. The molecule has 0 aromatic heterocycles. The summed E-state index contributed by atoms with van der Waals surface area (Å²) in [4.78, 5) is 25.5. The second-order valence-electron chi connectivity index (χ2n) is 15.8. The summed E-state index contributed by atoms with van der Waals surface area (Å²) in [5, 5.41) is 0. The third-order valence-electron chi connectivity index (χ3n) is 10.8. The van der Waals surface area contributed by atoms with Gasteiger partial charge in [0.2, 0.25) is 0 Å². The lowest BCUT2D eigenvalue weighted by Gasteiger charge is -2.46. The number of aryl methyl sites for hydroxylation is 1. The summed E-state index contributed by atoms with van der Waals surface area (Å²) in [7, 11) is 0. The number of benzene rings is 1. The number of carbonyl (C=O) groups excluding carboxylic acids is 2. The Labute approximate surface area is 306 Å². The van der Waals surface area contributed by atoms with Gasteiger partial charge < -0.3 is 14.2 Å². The minimum Gasteiger partial charge on any atom is -0.487 e. The van der Waals surface area contributed by atoms with Crippen LogP contribution in [0.3, 0.4) is 0 Å². The van der Waals surface area contributed by atoms with Gasteiger partial charge in [0.1, 0.15) is 23.2 Å². The van der Waals surface area contributed by atoms with Gasteiger partial charge in [-0.1, -0.05) is 109 Å². The van der Waals surface area contributed by atoms with Crippen LogP contribution in [-0.2, 0) is 20.7 Å². The van der Waals surface area contributed by atoms with Crippen molar-refractivity contribution in [2.75, 3.05) is 0 Å². The van der Waals surface area contributed by atoms with Crippen molar-refractivity contribution in [3.63, 3.8) is 0 Å². The summed E-state index contributed by atoms with van der Waals surface area (Å²) in [5.41, 5.74) is 3.43. The maximum Gasteiger partial charge on any atom is 0.311 e. The standard InChI is InChI=1S/C45H72O5/c1-7-10-13-22-26-37(48-42(46)28-21-12-9-3)27-23-18-16-14-15-17-19-24-29-43(47)49-40-33-36(25-20-11-8-2)34-41-44(40)38-32-35(4)30-31-39(38)45(5,6)50-41/h18,23,32-34,37-39H,7-17,19-22,24-31H2,1-6H3/b23-18-/t37-,38-,39-/m1/s1. The molecule has 5 nitrogen and oxygen atoms in total. The van der Waals surface area contributed by atoms with E-state index in [2.05, 4.69) is 71.9 Å². The van der Waals surface area contributed by atoms with Gasteiger partial charge in [-0.2, -0.15) is 0 Å². The monoisotopic (exact) mass is 693 g/mol. The van der Waals surface area contributed by atoms with Crippen LogP contribution >= 0.6 is 0 Å². The van der Waals surface area contributed by atoms with E-state index in [0.717, 1.165) is 120 Å². The minimum atomic E-state index is -0.257. The molecule has 1 aromatic carbocycles. The third kappa shape index (κ3) is 14.6. The molecule has 0 spiro atoms. The Bertz CT molecular complexity index is 1210. The number of rotatable bonds is 25. The second kappa shape index (κ2) is 23.1. The number of allylic oxidation sites excluding steroid dienone is 3. The van der Waals surface area contributed by atoms with Gasteiger partial charge in [0, 0.05) is 36.7 Å². The zero-order chi connectivity index (χ0) is 36.2. The molecule has 1 aromatic rings. The van der Waals surface area contributed by atoms with E-state index in [4.69, 9.17) is 14.2 Å². The minimum absolute atomic E-state index is 0.00932. The van der Waals surface area contributed by atoms with E-state index in [-0.39, 0.29) is 29.6 Å². The highest BCUT2D eigenvalue weighted by Crippen LogP contribution is 2.53. The van der Waals surface area contributed by atoms with E-state index in [1.54, 1.807) is 0 Å². The van der Waals surface area contributed by atoms with Gasteiger partial charge >= 0.3 is 11.9 Å². The molecule has 2 aliphatic rings. The van der Waals surface area contributed by atoms with Crippen LogP contribution in [0.5, 0.6) is 11.5 Å². The predicted molar refractivity (Wildman–Crippen MR) is 208 cm³/mol. The predicted octanol–water partition coefficient (Wildman–Crippen LogP) is 13.1. The van der Waals surface area contributed by atoms with Crippen molar-refractivity contribution in [2.45, 2.75) is 207 Å². The molecule has 0 fully saturated rings. The lowest BCUT2D eigenvalue weighted by Crippen LogP contribution is -2.45. The Morgan fingerprint density at radius 1 is 0.840 bits per heavy atom. The number of hydrogen-bond acceptors (Lipinski definition) is 5. The molecule has 5 heteroatoms. The highest BCUT2D eigenvalue weighted by molar-refractivity contribution is 5.74. The SMILES string of the molecule is CCCCCC[C@H](C/C=C\CCCCCCCC(=O)Oc1cc(CCCCC)cc2c1[C@@H]1C=C(C)CC[C@H]1C(C)(C)O2)OC(=O)CCCCC. The molecule has 0 amide bonds. The Morgan fingerprint density at radius 2 is 1.50 bits per heavy atom. The van der Waals surface area contributed by atoms with E-state index >= 15 is 0 Å². The van der Waals surface area contributed by atoms with Crippen molar-refractivity contribution in [3.8, 4) is 11.5 Å². The molecule has 0 N–H and O–H groups in total. The third-order valence-corrected chi connectivity index (χ3v) is 10.8. The zero-order valence-corrected chi connectivity index (χ0v) is 32.9. The highest BCUT2D eigenvalue weighted by atomic mass is 16.5. The summed E-state index contributed by atoms with van der Waals surface area (Å²) < 4.78 is 18.7. The van der Waals surface area contributed by atoms with Crippen LogP contribution in [0.1, 0.15) is 200 Å². The molecule has 1 heterocycles. The smallest absolute Gasteiger partial charge is 0.311 e. The number of hydrogen-bond donors (Lipinski definition) is 0. The summed E-state index contributed by atoms with van der Waals surface area (Å²) in [6, 6.07) is 4.34. The Kier molecular flexibility index (Phi) is 19.3. The molecule has 3 atom stereocenters. The summed E-state index contributed by atoms with van der Waals surface area (Å²) in [5.74, 6) is 2.04. The Balaban J connectivity index is 1.44. The number of esters is 2. The molecule has 1 aliphatic heterocycles. The van der Waals surface area contributed by atoms with Gasteiger partial charge in [-0.15, -0.1) is 0 Å². The van der Waals surface area contributed by atoms with Gasteiger partial charge in [0.25, 0.3) is 0 Å². The average Bonchev–Trinajstić information content (AvgIpc) is 3.07. The lowest BCUT2D eigenvalue weighted by molar-refractivity contribution is -0.149. The fraction of sp³-hybridized carbons (Fsp3) is 0.733. The van der Waals surface area contributed by atoms with Crippen molar-refractivity contribution in [3.05, 3.63) is 47.1 Å². The summed E-state index contributed by atoms with van der Waals surface area (Å²) >= 11 is 0.